The molecule has 7 heteroatoms. The summed E-state index contributed by atoms with van der Waals surface area (Å²) in [5.41, 5.74) is -0.252. The second-order valence-electron chi connectivity index (χ2n) is 5.20. The monoisotopic (exact) mass is 275 g/mol. The van der Waals surface area contributed by atoms with Gasteiger partial charge in [-0.05, 0) is 32.9 Å². The smallest absolute Gasteiger partial charge is 0.305 e. The minimum absolute atomic E-state index is 0.120. The van der Waals surface area contributed by atoms with Crippen molar-refractivity contribution in [1.29, 1.82) is 5.26 Å². The van der Waals surface area contributed by atoms with Gasteiger partial charge in [-0.25, -0.2) is 4.98 Å². The van der Waals surface area contributed by atoms with E-state index in [2.05, 4.69) is 22.1 Å². The second-order valence-corrected chi connectivity index (χ2v) is 5.20. The third-order valence-electron chi connectivity index (χ3n) is 3.96. The van der Waals surface area contributed by atoms with Crippen LogP contribution in [0, 0.1) is 21.4 Å². The van der Waals surface area contributed by atoms with Crippen molar-refractivity contribution in [2.75, 3.05) is 25.0 Å². The van der Waals surface area contributed by atoms with Crippen molar-refractivity contribution in [1.82, 2.24) is 10.3 Å². The number of nitro groups is 1. The Morgan fingerprint density at radius 2 is 2.15 bits per heavy atom. The fraction of sp³-hybridized carbons (Fsp3) is 0.538. The predicted octanol–water partition coefficient (Wildman–Crippen LogP) is 1.44. The Bertz CT molecular complexity index is 558. The van der Waals surface area contributed by atoms with Crippen LogP contribution in [0.15, 0.2) is 12.1 Å². The number of pyridine rings is 1. The van der Waals surface area contributed by atoms with Crippen LogP contribution in [0.1, 0.15) is 25.5 Å². The highest BCUT2D eigenvalue weighted by atomic mass is 16.6. The standard InChI is InChI=1S/C13H17N5O2/c1-13(15-2)5-7-17(8-6-13)12-4-3-11(18(19)20)10(9-14)16-12/h3-4,15H,5-8H2,1-2H3. The van der Waals surface area contributed by atoms with Crippen LogP contribution in [0.2, 0.25) is 0 Å². The van der Waals surface area contributed by atoms with Gasteiger partial charge in [-0.3, -0.25) is 10.1 Å². The molecule has 2 rings (SSSR count). The molecule has 0 bridgehead atoms. The number of hydrogen-bond donors (Lipinski definition) is 1. The van der Waals surface area contributed by atoms with Gasteiger partial charge in [0.1, 0.15) is 11.9 Å². The molecule has 0 aromatic carbocycles. The highest BCUT2D eigenvalue weighted by Crippen LogP contribution is 2.26. The summed E-state index contributed by atoms with van der Waals surface area (Å²) in [6.45, 7) is 3.80. The molecule has 1 aliphatic rings. The van der Waals surface area contributed by atoms with Crippen molar-refractivity contribution in [2.45, 2.75) is 25.3 Å². The number of rotatable bonds is 3. The van der Waals surface area contributed by atoms with Gasteiger partial charge in [0, 0.05) is 24.7 Å². The second kappa shape index (κ2) is 5.43. The molecule has 20 heavy (non-hydrogen) atoms. The van der Waals surface area contributed by atoms with Crippen molar-refractivity contribution in [3.63, 3.8) is 0 Å². The molecular formula is C13H17N5O2. The van der Waals surface area contributed by atoms with E-state index in [1.807, 2.05) is 7.05 Å². The molecule has 1 aromatic heterocycles. The first kappa shape index (κ1) is 14.2. The molecule has 0 aliphatic carbocycles. The molecule has 1 saturated heterocycles. The highest BCUT2D eigenvalue weighted by Gasteiger charge is 2.29. The van der Waals surface area contributed by atoms with Gasteiger partial charge < -0.3 is 10.2 Å². The Morgan fingerprint density at radius 3 is 2.65 bits per heavy atom. The Morgan fingerprint density at radius 1 is 1.50 bits per heavy atom. The van der Waals surface area contributed by atoms with E-state index in [-0.39, 0.29) is 16.9 Å². The quantitative estimate of drug-likeness (QED) is 0.662. The molecule has 1 fully saturated rings. The van der Waals surface area contributed by atoms with Crippen LogP contribution in [0.4, 0.5) is 11.5 Å². The lowest BCUT2D eigenvalue weighted by molar-refractivity contribution is -0.385. The van der Waals surface area contributed by atoms with E-state index in [1.54, 1.807) is 12.1 Å². The number of nitrogens with one attached hydrogen (secondary N) is 1. The van der Waals surface area contributed by atoms with Crippen molar-refractivity contribution in [3.8, 4) is 6.07 Å². The maximum atomic E-state index is 10.8. The number of piperidine rings is 1. The maximum Gasteiger partial charge on any atom is 0.305 e. The highest BCUT2D eigenvalue weighted by molar-refractivity contribution is 5.51. The lowest BCUT2D eigenvalue weighted by atomic mass is 9.90. The topological polar surface area (TPSA) is 95.1 Å². The average molecular weight is 275 g/mol. The maximum absolute atomic E-state index is 10.8. The Hall–Kier alpha value is -2.20. The number of hydrogen-bond acceptors (Lipinski definition) is 6. The summed E-state index contributed by atoms with van der Waals surface area (Å²) in [5, 5.41) is 23.1. The van der Waals surface area contributed by atoms with Gasteiger partial charge in [0.25, 0.3) is 0 Å². The molecule has 106 valence electrons. The lowest BCUT2D eigenvalue weighted by Gasteiger charge is -2.39. The van der Waals surface area contributed by atoms with Crippen molar-refractivity contribution < 1.29 is 4.92 Å². The van der Waals surface area contributed by atoms with Gasteiger partial charge in [-0.15, -0.1) is 0 Å². The predicted molar refractivity (Wildman–Crippen MR) is 74.5 cm³/mol. The number of aromatic nitrogens is 1. The molecule has 0 amide bonds. The molecular weight excluding hydrogens is 258 g/mol. The molecule has 0 atom stereocenters. The van der Waals surface area contributed by atoms with Crippen molar-refractivity contribution >= 4 is 11.5 Å². The van der Waals surface area contributed by atoms with E-state index in [1.165, 1.54) is 6.07 Å². The first-order chi connectivity index (χ1) is 9.49. The van der Waals surface area contributed by atoms with E-state index in [4.69, 9.17) is 5.26 Å². The third kappa shape index (κ3) is 2.70. The van der Waals surface area contributed by atoms with E-state index < -0.39 is 4.92 Å². The summed E-state index contributed by atoms with van der Waals surface area (Å²) < 4.78 is 0. The number of anilines is 1. The fourth-order valence-electron chi connectivity index (χ4n) is 2.33. The van der Waals surface area contributed by atoms with E-state index in [0.717, 1.165) is 25.9 Å². The zero-order valence-corrected chi connectivity index (χ0v) is 11.6. The Balaban J connectivity index is 2.19. The molecule has 1 N–H and O–H groups in total. The number of nitriles is 1. The van der Waals surface area contributed by atoms with Crippen molar-refractivity contribution in [2.24, 2.45) is 0 Å². The summed E-state index contributed by atoms with van der Waals surface area (Å²) >= 11 is 0. The van der Waals surface area contributed by atoms with Crippen LogP contribution in [0.5, 0.6) is 0 Å². The van der Waals surface area contributed by atoms with Gasteiger partial charge in [0.15, 0.2) is 0 Å². The van der Waals surface area contributed by atoms with Crippen LogP contribution in [-0.4, -0.2) is 35.6 Å². The Labute approximate surface area is 117 Å². The average Bonchev–Trinajstić information content (AvgIpc) is 2.47. The molecule has 7 nitrogen and oxygen atoms in total. The van der Waals surface area contributed by atoms with E-state index >= 15 is 0 Å². The SMILES string of the molecule is CNC1(C)CCN(c2ccc([N+](=O)[O-])c(C#N)n2)CC1. The molecule has 0 spiro atoms. The largest absolute Gasteiger partial charge is 0.356 e. The molecule has 0 saturated carbocycles. The van der Waals surface area contributed by atoms with Gasteiger partial charge >= 0.3 is 5.69 Å². The van der Waals surface area contributed by atoms with Crippen LogP contribution in [-0.2, 0) is 0 Å². The number of nitrogens with zero attached hydrogens (tertiary/aromatic N) is 4. The van der Waals surface area contributed by atoms with Crippen LogP contribution in [0.3, 0.4) is 0 Å². The first-order valence-electron chi connectivity index (χ1n) is 6.48. The molecule has 0 unspecified atom stereocenters. The summed E-state index contributed by atoms with van der Waals surface area (Å²) in [6.07, 6.45) is 1.92. The molecule has 1 aliphatic heterocycles. The van der Waals surface area contributed by atoms with Crippen LogP contribution in [0.25, 0.3) is 0 Å². The lowest BCUT2D eigenvalue weighted by Crippen LogP contribution is -2.50. The summed E-state index contributed by atoms with van der Waals surface area (Å²) in [6, 6.07) is 4.76. The van der Waals surface area contributed by atoms with Gasteiger partial charge in [-0.1, -0.05) is 0 Å². The van der Waals surface area contributed by atoms with E-state index in [9.17, 15) is 10.1 Å². The minimum atomic E-state index is -0.580. The summed E-state index contributed by atoms with van der Waals surface area (Å²) in [7, 11) is 1.95. The van der Waals surface area contributed by atoms with Crippen LogP contribution < -0.4 is 10.2 Å². The molecule has 2 heterocycles. The fourth-order valence-corrected chi connectivity index (χ4v) is 2.33. The Kier molecular flexibility index (Phi) is 3.86. The first-order valence-corrected chi connectivity index (χ1v) is 6.48. The molecule has 0 radical (unpaired) electrons. The normalized spacial score (nSPS) is 17.6. The van der Waals surface area contributed by atoms with E-state index in [0.29, 0.717) is 5.82 Å². The zero-order valence-electron chi connectivity index (χ0n) is 11.6. The van der Waals surface area contributed by atoms with Gasteiger partial charge in [-0.2, -0.15) is 5.26 Å². The van der Waals surface area contributed by atoms with Crippen molar-refractivity contribution in [3.05, 3.63) is 27.9 Å². The third-order valence-corrected chi connectivity index (χ3v) is 3.96. The summed E-state index contributed by atoms with van der Waals surface area (Å²) in [4.78, 5) is 16.4. The van der Waals surface area contributed by atoms with Crippen LogP contribution >= 0.6 is 0 Å². The minimum Gasteiger partial charge on any atom is -0.356 e. The zero-order chi connectivity index (χ0) is 14.8. The summed E-state index contributed by atoms with van der Waals surface area (Å²) in [5.74, 6) is 0.630. The van der Waals surface area contributed by atoms with Gasteiger partial charge in [0.05, 0.1) is 4.92 Å². The van der Waals surface area contributed by atoms with Gasteiger partial charge in [0.2, 0.25) is 5.69 Å². The molecule has 1 aromatic rings.